The van der Waals surface area contributed by atoms with Gasteiger partial charge in [-0.05, 0) is 36.2 Å². The zero-order chi connectivity index (χ0) is 20.8. The van der Waals surface area contributed by atoms with E-state index in [0.29, 0.717) is 25.6 Å². The molecule has 2 heterocycles. The lowest BCUT2D eigenvalue weighted by molar-refractivity contribution is 0.0899. The van der Waals surface area contributed by atoms with Gasteiger partial charge < -0.3 is 14.9 Å². The Bertz CT molecular complexity index is 1120. The minimum Gasteiger partial charge on any atom is -0.491 e. The van der Waals surface area contributed by atoms with Gasteiger partial charge in [0.05, 0.1) is 37.5 Å². The minimum atomic E-state index is -0.123. The number of nitrogens with zero attached hydrogens (tertiary/aromatic N) is 2. The normalized spacial score (nSPS) is 12.0. The Kier molecular flexibility index (Phi) is 6.15. The van der Waals surface area contributed by atoms with Gasteiger partial charge in [-0.15, -0.1) is 0 Å². The second-order valence-corrected chi connectivity index (χ2v) is 7.23. The van der Waals surface area contributed by atoms with Gasteiger partial charge >= 0.3 is 0 Å². The molecule has 4 aromatic rings. The van der Waals surface area contributed by atoms with Crippen molar-refractivity contribution in [2.45, 2.75) is 13.5 Å². The third kappa shape index (κ3) is 4.72. The number of rotatable bonds is 9. The number of hydrogen-bond acceptors (Lipinski definition) is 5. The van der Waals surface area contributed by atoms with Crippen LogP contribution in [0.25, 0.3) is 22.0 Å². The second kappa shape index (κ2) is 9.33. The lowest BCUT2D eigenvalue weighted by Gasteiger charge is -2.14. The van der Waals surface area contributed by atoms with Crippen molar-refractivity contribution in [3.8, 4) is 16.9 Å². The summed E-state index contributed by atoms with van der Waals surface area (Å²) >= 11 is 0. The minimum absolute atomic E-state index is 0.123. The molecule has 0 saturated carbocycles. The fraction of sp³-hybridized carbons (Fsp3) is 0.208. The molecule has 6 heteroatoms. The monoisotopic (exact) mass is 400 g/mol. The van der Waals surface area contributed by atoms with Crippen molar-refractivity contribution in [1.82, 2.24) is 15.2 Å². The zero-order valence-corrected chi connectivity index (χ0v) is 16.8. The number of benzene rings is 2. The highest BCUT2D eigenvalue weighted by Gasteiger charge is 2.09. The largest absolute Gasteiger partial charge is 0.491 e. The first-order valence-corrected chi connectivity index (χ1v) is 9.88. The summed E-state index contributed by atoms with van der Waals surface area (Å²) in [6.07, 6.45) is 4.88. The molecule has 0 aliphatic heterocycles. The summed E-state index contributed by atoms with van der Waals surface area (Å²) in [6, 6.07) is 18.1. The highest BCUT2D eigenvalue weighted by molar-refractivity contribution is 5.86. The molecule has 6 nitrogen and oxygen atoms in total. The van der Waals surface area contributed by atoms with E-state index >= 15 is 0 Å². The van der Waals surface area contributed by atoms with Crippen LogP contribution in [0.4, 0.5) is 0 Å². The topological polar surface area (TPSA) is 83.9 Å². The van der Waals surface area contributed by atoms with E-state index in [9.17, 15) is 0 Å². The molecule has 0 spiro atoms. The van der Waals surface area contributed by atoms with Crippen LogP contribution >= 0.6 is 0 Å². The molecule has 0 aliphatic rings. The van der Waals surface area contributed by atoms with E-state index in [0.717, 1.165) is 33.3 Å². The van der Waals surface area contributed by atoms with Gasteiger partial charge in [0.1, 0.15) is 5.75 Å². The van der Waals surface area contributed by atoms with E-state index in [1.807, 2.05) is 61.7 Å². The van der Waals surface area contributed by atoms with Crippen molar-refractivity contribution in [1.29, 1.82) is 5.41 Å². The summed E-state index contributed by atoms with van der Waals surface area (Å²) in [5.74, 6) is 0.550. The summed E-state index contributed by atoms with van der Waals surface area (Å²) < 4.78 is 11.7. The van der Waals surface area contributed by atoms with Crippen molar-refractivity contribution in [3.05, 3.63) is 78.2 Å². The van der Waals surface area contributed by atoms with Crippen LogP contribution < -0.4 is 4.74 Å². The van der Waals surface area contributed by atoms with Crippen LogP contribution in [0.15, 0.2) is 67.0 Å². The number of aromatic amines is 1. The lowest BCUT2D eigenvalue weighted by Crippen LogP contribution is -2.19. The van der Waals surface area contributed by atoms with E-state index in [1.54, 1.807) is 6.20 Å². The van der Waals surface area contributed by atoms with Gasteiger partial charge in [-0.25, -0.2) is 0 Å². The molecule has 0 radical (unpaired) electrons. The van der Waals surface area contributed by atoms with Crippen molar-refractivity contribution in [2.24, 2.45) is 5.92 Å². The molecule has 4 rings (SSSR count). The van der Waals surface area contributed by atoms with Gasteiger partial charge in [-0.1, -0.05) is 36.4 Å². The van der Waals surface area contributed by atoms with Gasteiger partial charge in [0.25, 0.3) is 0 Å². The van der Waals surface area contributed by atoms with Crippen molar-refractivity contribution < 1.29 is 9.47 Å². The number of H-pyrrole nitrogens is 1. The molecule has 152 valence electrons. The molecular formula is C24H24N4O2. The van der Waals surface area contributed by atoms with E-state index < -0.39 is 0 Å². The lowest BCUT2D eigenvalue weighted by atomic mass is 10.0. The maximum Gasteiger partial charge on any atom is 0.138 e. The Labute approximate surface area is 175 Å². The first kappa shape index (κ1) is 19.8. The summed E-state index contributed by atoms with van der Waals surface area (Å²) in [5.41, 5.74) is 5.13. The number of hydrogen-bond donors (Lipinski definition) is 2. The van der Waals surface area contributed by atoms with Crippen LogP contribution in [-0.4, -0.2) is 34.6 Å². The van der Waals surface area contributed by atoms with E-state index in [-0.39, 0.29) is 5.92 Å². The molecule has 2 aromatic carbocycles. The molecule has 0 fully saturated rings. The number of nitrogens with one attached hydrogen (secondary N) is 2. The average Bonchev–Trinajstić information content (AvgIpc) is 3.17. The number of aromatic nitrogens is 3. The Hall–Kier alpha value is -3.51. The van der Waals surface area contributed by atoms with Crippen LogP contribution in [-0.2, 0) is 11.3 Å². The third-order valence-electron chi connectivity index (χ3n) is 4.93. The fourth-order valence-corrected chi connectivity index (χ4v) is 3.22. The Morgan fingerprint density at radius 3 is 2.73 bits per heavy atom. The van der Waals surface area contributed by atoms with Crippen molar-refractivity contribution >= 4 is 17.1 Å². The number of aryl methyl sites for hydroxylation is 1. The summed E-state index contributed by atoms with van der Waals surface area (Å²) in [7, 11) is 0. The predicted octanol–water partition coefficient (Wildman–Crippen LogP) is 4.79. The van der Waals surface area contributed by atoms with Crippen molar-refractivity contribution in [2.75, 3.05) is 13.2 Å². The number of fused-ring (bicyclic) bond motifs is 1. The van der Waals surface area contributed by atoms with Crippen LogP contribution in [0.2, 0.25) is 0 Å². The van der Waals surface area contributed by atoms with E-state index in [2.05, 4.69) is 21.2 Å². The smallest absolute Gasteiger partial charge is 0.138 e. The van der Waals surface area contributed by atoms with Crippen LogP contribution in [0.5, 0.6) is 5.75 Å². The molecule has 0 unspecified atom stereocenters. The molecule has 2 aromatic heterocycles. The van der Waals surface area contributed by atoms with Crippen LogP contribution in [0, 0.1) is 18.3 Å². The van der Waals surface area contributed by atoms with Gasteiger partial charge in [-0.2, -0.15) is 5.10 Å². The molecule has 0 aliphatic carbocycles. The average molecular weight is 400 g/mol. The Balaban J connectivity index is 1.37. The maximum atomic E-state index is 7.66. The number of ether oxygens (including phenoxy) is 2. The molecular weight excluding hydrogens is 376 g/mol. The molecule has 0 saturated heterocycles. The quantitative estimate of drug-likeness (QED) is 0.396. The summed E-state index contributed by atoms with van der Waals surface area (Å²) in [4.78, 5) is 4.32. The van der Waals surface area contributed by atoms with Crippen LogP contribution in [0.3, 0.4) is 0 Å². The fourth-order valence-electron chi connectivity index (χ4n) is 3.22. The highest BCUT2D eigenvalue weighted by atomic mass is 16.5. The molecule has 30 heavy (non-hydrogen) atoms. The molecule has 2 N–H and O–H groups in total. The second-order valence-electron chi connectivity index (χ2n) is 7.23. The zero-order valence-electron chi connectivity index (χ0n) is 16.8. The first-order chi connectivity index (χ1) is 14.7. The Morgan fingerprint density at radius 1 is 1.03 bits per heavy atom. The molecule has 0 amide bonds. The SMILES string of the molecule is Cc1[nH]nc2ccc(-c3cncc(OC[C@@H](C=N)COCc4ccccc4)c3)cc12. The third-order valence-corrected chi connectivity index (χ3v) is 4.93. The predicted molar refractivity (Wildman–Crippen MR) is 118 cm³/mol. The van der Waals surface area contributed by atoms with Gasteiger partial charge in [0.2, 0.25) is 0 Å². The first-order valence-electron chi connectivity index (χ1n) is 9.88. The van der Waals surface area contributed by atoms with E-state index in [1.165, 1.54) is 6.21 Å². The Morgan fingerprint density at radius 2 is 1.90 bits per heavy atom. The number of pyridine rings is 1. The molecule has 0 bridgehead atoms. The van der Waals surface area contributed by atoms with Crippen molar-refractivity contribution in [3.63, 3.8) is 0 Å². The van der Waals surface area contributed by atoms with E-state index in [4.69, 9.17) is 14.9 Å². The summed E-state index contributed by atoms with van der Waals surface area (Å²) in [6.45, 7) is 3.33. The van der Waals surface area contributed by atoms with Gasteiger partial charge in [0.15, 0.2) is 0 Å². The van der Waals surface area contributed by atoms with Crippen LogP contribution in [0.1, 0.15) is 11.3 Å². The standard InChI is InChI=1S/C24H24N4O2/c1-17-23-10-20(7-8-24(23)28-27-17)21-9-22(13-26-12-21)30-16-19(11-25)15-29-14-18-5-3-2-4-6-18/h2-13,19,25H,14-16H2,1H3,(H,27,28)/t19-/m0/s1. The molecule has 1 atom stereocenters. The van der Waals surface area contributed by atoms with Gasteiger partial charge in [-0.3, -0.25) is 10.1 Å². The highest BCUT2D eigenvalue weighted by Crippen LogP contribution is 2.27. The maximum absolute atomic E-state index is 7.66. The summed E-state index contributed by atoms with van der Waals surface area (Å²) in [5, 5.41) is 16.0. The van der Waals surface area contributed by atoms with Gasteiger partial charge in [0, 0.05) is 29.1 Å².